The van der Waals surface area contributed by atoms with Crippen LogP contribution in [-0.2, 0) is 25.7 Å². The highest BCUT2D eigenvalue weighted by Gasteiger charge is 2.34. The highest BCUT2D eigenvalue weighted by atomic mass is 32.2. The van der Waals surface area contributed by atoms with E-state index in [1.807, 2.05) is 0 Å². The quantitative estimate of drug-likeness (QED) is 0.678. The molecule has 2 aromatic rings. The average molecular weight is 431 g/mol. The molecule has 0 saturated heterocycles. The molecule has 1 aliphatic rings. The fourth-order valence-electron chi connectivity index (χ4n) is 2.65. The van der Waals surface area contributed by atoms with Crippen molar-refractivity contribution in [2.75, 3.05) is 31.2 Å². The van der Waals surface area contributed by atoms with E-state index in [0.717, 1.165) is 25.3 Å². The third kappa shape index (κ3) is 4.39. The molecule has 1 aliphatic heterocycles. The van der Waals surface area contributed by atoms with Crippen LogP contribution in [0.15, 0.2) is 47.4 Å². The van der Waals surface area contributed by atoms with Crippen LogP contribution < -0.4 is 13.8 Å². The van der Waals surface area contributed by atoms with Crippen LogP contribution in [0.25, 0.3) is 0 Å². The zero-order valence-corrected chi connectivity index (χ0v) is 15.9. The number of hydrogen-bond acceptors (Lipinski definition) is 6. The summed E-state index contributed by atoms with van der Waals surface area (Å²) in [7, 11) is -3.38. The number of alkyl halides is 3. The minimum absolute atomic E-state index is 0.180. The maximum atomic E-state index is 13.2. The van der Waals surface area contributed by atoms with Crippen LogP contribution in [0.4, 0.5) is 18.9 Å². The maximum absolute atomic E-state index is 13.2. The summed E-state index contributed by atoms with van der Waals surface area (Å²) in [4.78, 5) is 11.5. The van der Waals surface area contributed by atoms with Crippen molar-refractivity contribution >= 4 is 21.7 Å². The number of esters is 1. The van der Waals surface area contributed by atoms with Gasteiger partial charge in [-0.3, -0.25) is 9.10 Å². The van der Waals surface area contributed by atoms with E-state index in [4.69, 9.17) is 9.47 Å². The summed E-state index contributed by atoms with van der Waals surface area (Å²) in [6.45, 7) is -0.289. The minimum Gasteiger partial charge on any atom is -0.486 e. The number of halogens is 3. The summed E-state index contributed by atoms with van der Waals surface area (Å²) >= 11 is 0. The lowest BCUT2D eigenvalue weighted by Crippen LogP contribution is -2.36. The van der Waals surface area contributed by atoms with Crippen molar-refractivity contribution in [3.8, 4) is 11.5 Å². The fraction of sp³-hybridized carbons (Fsp3) is 0.278. The van der Waals surface area contributed by atoms with E-state index in [-0.39, 0.29) is 22.9 Å². The molecule has 0 spiro atoms. The highest BCUT2D eigenvalue weighted by Crippen LogP contribution is 2.36. The number of sulfonamides is 1. The van der Waals surface area contributed by atoms with Crippen LogP contribution in [0, 0.1) is 0 Å². The van der Waals surface area contributed by atoms with Gasteiger partial charge in [0.2, 0.25) is 0 Å². The summed E-state index contributed by atoms with van der Waals surface area (Å²) in [5, 5.41) is 0. The molecule has 0 bridgehead atoms. The minimum atomic E-state index is -4.69. The van der Waals surface area contributed by atoms with E-state index < -0.39 is 34.3 Å². The Hall–Kier alpha value is -2.95. The molecule has 0 atom stereocenters. The van der Waals surface area contributed by atoms with Crippen LogP contribution in [-0.4, -0.2) is 41.3 Å². The monoisotopic (exact) mass is 431 g/mol. The van der Waals surface area contributed by atoms with E-state index in [2.05, 4.69) is 4.74 Å². The predicted molar refractivity (Wildman–Crippen MR) is 95.4 cm³/mol. The third-order valence-corrected chi connectivity index (χ3v) is 5.83. The molecular weight excluding hydrogens is 415 g/mol. The van der Waals surface area contributed by atoms with Crippen molar-refractivity contribution < 1.29 is 40.6 Å². The lowest BCUT2D eigenvalue weighted by Gasteiger charge is -2.25. The van der Waals surface area contributed by atoms with Gasteiger partial charge in [0, 0.05) is 6.07 Å². The number of fused-ring (bicyclic) bond motifs is 1. The Morgan fingerprint density at radius 3 is 2.45 bits per heavy atom. The van der Waals surface area contributed by atoms with Gasteiger partial charge in [0.1, 0.15) is 19.8 Å². The standard InChI is InChI=1S/C18H16F3NO6S/c1-26-17(23)11-22(13-4-2-3-12(9-13)18(19,20)21)29(24,25)14-5-6-15-16(10-14)28-8-7-27-15/h2-6,9-10H,7-8,11H2,1H3. The lowest BCUT2D eigenvalue weighted by molar-refractivity contribution is -0.139. The summed E-state index contributed by atoms with van der Waals surface area (Å²) in [5.41, 5.74) is -1.39. The molecule has 0 aliphatic carbocycles. The van der Waals surface area contributed by atoms with Gasteiger partial charge < -0.3 is 14.2 Å². The van der Waals surface area contributed by atoms with Crippen molar-refractivity contribution in [2.24, 2.45) is 0 Å². The molecule has 2 aromatic carbocycles. The Kier molecular flexibility index (Phi) is 5.60. The molecule has 1 heterocycles. The van der Waals surface area contributed by atoms with Crippen molar-refractivity contribution in [1.29, 1.82) is 0 Å². The van der Waals surface area contributed by atoms with E-state index in [1.165, 1.54) is 18.2 Å². The second kappa shape index (κ2) is 7.82. The molecular formula is C18H16F3NO6S. The number of anilines is 1. The summed E-state index contributed by atoms with van der Waals surface area (Å²) in [5.74, 6) is -0.420. The fourth-order valence-corrected chi connectivity index (χ4v) is 4.06. The normalized spacial score (nSPS) is 13.7. The number of nitrogens with zero attached hydrogens (tertiary/aromatic N) is 1. The Labute approximate surface area is 164 Å². The topological polar surface area (TPSA) is 82.1 Å². The highest BCUT2D eigenvalue weighted by molar-refractivity contribution is 7.92. The number of benzene rings is 2. The first-order valence-electron chi connectivity index (χ1n) is 8.29. The Morgan fingerprint density at radius 1 is 1.10 bits per heavy atom. The van der Waals surface area contributed by atoms with Gasteiger partial charge in [-0.25, -0.2) is 8.42 Å². The van der Waals surface area contributed by atoms with Crippen LogP contribution in [0.3, 0.4) is 0 Å². The lowest BCUT2D eigenvalue weighted by atomic mass is 10.2. The van der Waals surface area contributed by atoms with Crippen molar-refractivity contribution in [3.63, 3.8) is 0 Å². The van der Waals surface area contributed by atoms with Gasteiger partial charge >= 0.3 is 12.1 Å². The van der Waals surface area contributed by atoms with Crippen molar-refractivity contribution in [2.45, 2.75) is 11.1 Å². The number of ether oxygens (including phenoxy) is 3. The molecule has 0 radical (unpaired) electrons. The van der Waals surface area contributed by atoms with E-state index in [0.29, 0.717) is 22.7 Å². The largest absolute Gasteiger partial charge is 0.486 e. The average Bonchev–Trinajstić information content (AvgIpc) is 2.70. The first-order valence-corrected chi connectivity index (χ1v) is 9.73. The zero-order chi connectivity index (χ0) is 21.2. The summed E-state index contributed by atoms with van der Waals surface area (Å²) < 4.78 is 81.3. The molecule has 0 fully saturated rings. The number of hydrogen-bond donors (Lipinski definition) is 0. The van der Waals surface area contributed by atoms with Gasteiger partial charge in [-0.15, -0.1) is 0 Å². The number of methoxy groups -OCH3 is 1. The number of carbonyl (C=O) groups is 1. The second-order valence-electron chi connectivity index (χ2n) is 5.94. The van der Waals surface area contributed by atoms with Crippen LogP contribution in [0.2, 0.25) is 0 Å². The van der Waals surface area contributed by atoms with Gasteiger partial charge in [-0.1, -0.05) is 6.07 Å². The smallest absolute Gasteiger partial charge is 0.416 e. The molecule has 29 heavy (non-hydrogen) atoms. The maximum Gasteiger partial charge on any atom is 0.416 e. The number of carbonyl (C=O) groups excluding carboxylic acids is 1. The Bertz CT molecular complexity index is 1020. The molecule has 0 saturated carbocycles. The predicted octanol–water partition coefficient (Wildman–Crippen LogP) is 2.84. The molecule has 0 N–H and O–H groups in total. The van der Waals surface area contributed by atoms with Gasteiger partial charge in [-0.2, -0.15) is 13.2 Å². The van der Waals surface area contributed by atoms with Crippen molar-refractivity contribution in [1.82, 2.24) is 0 Å². The van der Waals surface area contributed by atoms with Crippen molar-refractivity contribution in [3.05, 3.63) is 48.0 Å². The van der Waals surface area contributed by atoms with Crippen LogP contribution in [0.5, 0.6) is 11.5 Å². The van der Waals surface area contributed by atoms with Gasteiger partial charge in [0.05, 0.1) is 23.3 Å². The van der Waals surface area contributed by atoms with Gasteiger partial charge in [-0.05, 0) is 30.3 Å². The Morgan fingerprint density at radius 2 is 1.79 bits per heavy atom. The summed E-state index contributed by atoms with van der Waals surface area (Å²) in [6, 6.07) is 7.47. The van der Waals surface area contributed by atoms with E-state index in [9.17, 15) is 26.4 Å². The SMILES string of the molecule is COC(=O)CN(c1cccc(C(F)(F)F)c1)S(=O)(=O)c1ccc2c(c1)OCCO2. The second-order valence-corrected chi connectivity index (χ2v) is 7.80. The third-order valence-electron chi connectivity index (χ3n) is 4.06. The van der Waals surface area contributed by atoms with Crippen LogP contribution in [0.1, 0.15) is 5.56 Å². The number of rotatable bonds is 5. The first-order chi connectivity index (χ1) is 13.6. The van der Waals surface area contributed by atoms with Gasteiger partial charge in [0.25, 0.3) is 10.0 Å². The van der Waals surface area contributed by atoms with Gasteiger partial charge in [0.15, 0.2) is 11.5 Å². The Balaban J connectivity index is 2.08. The molecule has 0 aromatic heterocycles. The first kappa shape index (κ1) is 20.8. The summed E-state index contributed by atoms with van der Waals surface area (Å²) in [6.07, 6.45) is -4.69. The molecule has 0 amide bonds. The zero-order valence-electron chi connectivity index (χ0n) is 15.1. The van der Waals surface area contributed by atoms with Crippen LogP contribution >= 0.6 is 0 Å². The van der Waals surface area contributed by atoms with E-state index >= 15 is 0 Å². The molecule has 156 valence electrons. The molecule has 11 heteroatoms. The molecule has 0 unspecified atom stereocenters. The van der Waals surface area contributed by atoms with E-state index in [1.54, 1.807) is 0 Å². The molecule has 3 rings (SSSR count). The molecule has 7 nitrogen and oxygen atoms in total.